The molecule has 0 spiro atoms. The van der Waals surface area contributed by atoms with Crippen molar-refractivity contribution >= 4 is 24.0 Å². The minimum atomic E-state index is -0.499. The number of methoxy groups -OCH3 is 1. The molecule has 1 N–H and O–H groups in total. The summed E-state index contributed by atoms with van der Waals surface area (Å²) in [5.41, 5.74) is 1.65. The number of aryl methyl sites for hydroxylation is 1. The van der Waals surface area contributed by atoms with Crippen molar-refractivity contribution in [1.29, 1.82) is 0 Å². The van der Waals surface area contributed by atoms with Crippen molar-refractivity contribution in [3.63, 3.8) is 0 Å². The highest BCUT2D eigenvalue weighted by atomic mass is 16.5. The number of rotatable bonds is 7. The van der Waals surface area contributed by atoms with E-state index in [9.17, 15) is 9.59 Å². The fourth-order valence-corrected chi connectivity index (χ4v) is 4.30. The third kappa shape index (κ3) is 5.82. The van der Waals surface area contributed by atoms with Crippen molar-refractivity contribution in [2.45, 2.75) is 45.1 Å². The molecular formula is C21H32N4O4. The van der Waals surface area contributed by atoms with Gasteiger partial charge in [0.05, 0.1) is 19.0 Å². The molecular weight excluding hydrogens is 372 g/mol. The summed E-state index contributed by atoms with van der Waals surface area (Å²) in [5, 5.41) is 2.65. The van der Waals surface area contributed by atoms with Crippen LogP contribution in [0.2, 0.25) is 0 Å². The van der Waals surface area contributed by atoms with Crippen molar-refractivity contribution in [3.05, 3.63) is 17.8 Å². The SMILES string of the molecule is COC(=O)Nc1cnc(N2CCCC(CCN(C=O)C3CCOCC3)C2)c(C)c1. The summed E-state index contributed by atoms with van der Waals surface area (Å²) < 4.78 is 10.0. The molecule has 0 aliphatic carbocycles. The lowest BCUT2D eigenvalue weighted by Gasteiger charge is -2.36. The quantitative estimate of drug-likeness (QED) is 0.704. The molecule has 0 saturated carbocycles. The summed E-state index contributed by atoms with van der Waals surface area (Å²) in [6, 6.07) is 2.24. The Labute approximate surface area is 172 Å². The van der Waals surface area contributed by atoms with Gasteiger partial charge in [-0.25, -0.2) is 9.78 Å². The number of ether oxygens (including phenoxy) is 2. The van der Waals surface area contributed by atoms with E-state index in [1.807, 2.05) is 17.9 Å². The minimum absolute atomic E-state index is 0.319. The van der Waals surface area contributed by atoms with Crippen LogP contribution in [-0.2, 0) is 14.3 Å². The summed E-state index contributed by atoms with van der Waals surface area (Å²) in [5.74, 6) is 1.50. The molecule has 2 fully saturated rings. The van der Waals surface area contributed by atoms with Crippen LogP contribution in [0.4, 0.5) is 16.3 Å². The second-order valence-electron chi connectivity index (χ2n) is 7.91. The Morgan fingerprint density at radius 2 is 2.21 bits per heavy atom. The van der Waals surface area contributed by atoms with Gasteiger partial charge >= 0.3 is 6.09 Å². The van der Waals surface area contributed by atoms with Crippen LogP contribution in [0.25, 0.3) is 0 Å². The van der Waals surface area contributed by atoms with Crippen LogP contribution in [0.5, 0.6) is 0 Å². The highest BCUT2D eigenvalue weighted by Gasteiger charge is 2.25. The highest BCUT2D eigenvalue weighted by Crippen LogP contribution is 2.28. The van der Waals surface area contributed by atoms with Crippen molar-refractivity contribution in [2.24, 2.45) is 5.92 Å². The van der Waals surface area contributed by atoms with Crippen molar-refractivity contribution in [3.8, 4) is 0 Å². The first-order chi connectivity index (χ1) is 14.1. The molecule has 2 aliphatic heterocycles. The van der Waals surface area contributed by atoms with Crippen LogP contribution < -0.4 is 10.2 Å². The van der Waals surface area contributed by atoms with Crippen molar-refractivity contribution in [2.75, 3.05) is 50.2 Å². The third-order valence-corrected chi connectivity index (χ3v) is 5.89. The maximum absolute atomic E-state index is 11.6. The lowest BCUT2D eigenvalue weighted by atomic mass is 9.94. The molecule has 1 atom stereocenters. The summed E-state index contributed by atoms with van der Waals surface area (Å²) in [6.45, 7) is 6.23. The van der Waals surface area contributed by atoms with Crippen LogP contribution in [0, 0.1) is 12.8 Å². The van der Waals surface area contributed by atoms with Gasteiger partial charge in [0, 0.05) is 38.9 Å². The van der Waals surface area contributed by atoms with Crippen LogP contribution in [0.1, 0.15) is 37.7 Å². The number of nitrogens with one attached hydrogen (secondary N) is 1. The molecule has 1 unspecified atom stereocenters. The standard InChI is InChI=1S/C21H32N4O4/c1-16-12-18(23-21(27)28-2)13-22-20(16)24-8-3-4-17(14-24)5-9-25(15-26)19-6-10-29-11-7-19/h12-13,15,17,19H,3-11,14H2,1-2H3,(H,23,27). The van der Waals surface area contributed by atoms with Crippen LogP contribution in [-0.4, -0.2) is 68.4 Å². The van der Waals surface area contributed by atoms with Gasteiger partial charge < -0.3 is 19.3 Å². The predicted molar refractivity (Wildman–Crippen MR) is 111 cm³/mol. The van der Waals surface area contributed by atoms with E-state index in [2.05, 4.69) is 19.9 Å². The van der Waals surface area contributed by atoms with E-state index in [-0.39, 0.29) is 0 Å². The largest absolute Gasteiger partial charge is 0.453 e. The number of pyridine rings is 1. The molecule has 2 saturated heterocycles. The van der Waals surface area contributed by atoms with Crippen molar-refractivity contribution < 1.29 is 19.1 Å². The smallest absolute Gasteiger partial charge is 0.411 e. The fourth-order valence-electron chi connectivity index (χ4n) is 4.30. The van der Waals surface area contributed by atoms with E-state index in [1.54, 1.807) is 6.20 Å². The van der Waals surface area contributed by atoms with E-state index in [0.29, 0.717) is 17.6 Å². The number of carbonyl (C=O) groups is 2. The number of aromatic nitrogens is 1. The van der Waals surface area contributed by atoms with E-state index < -0.39 is 6.09 Å². The zero-order chi connectivity index (χ0) is 20.6. The molecule has 8 nitrogen and oxygen atoms in total. The molecule has 1 aromatic rings. The maximum atomic E-state index is 11.6. The number of anilines is 2. The number of piperidine rings is 1. The van der Waals surface area contributed by atoms with Crippen LogP contribution >= 0.6 is 0 Å². The van der Waals surface area contributed by atoms with E-state index in [0.717, 1.165) is 76.3 Å². The number of carbonyl (C=O) groups excluding carboxylic acids is 2. The van der Waals surface area contributed by atoms with Gasteiger partial charge in [0.25, 0.3) is 0 Å². The van der Waals surface area contributed by atoms with E-state index >= 15 is 0 Å². The average Bonchev–Trinajstić information content (AvgIpc) is 2.75. The van der Waals surface area contributed by atoms with Gasteiger partial charge in [0.1, 0.15) is 5.82 Å². The first kappa shape index (κ1) is 21.4. The Bertz CT molecular complexity index is 693. The molecule has 2 amide bonds. The van der Waals surface area contributed by atoms with Gasteiger partial charge in [-0.15, -0.1) is 0 Å². The lowest BCUT2D eigenvalue weighted by molar-refractivity contribution is -0.122. The van der Waals surface area contributed by atoms with Gasteiger partial charge in [-0.05, 0) is 56.6 Å². The summed E-state index contributed by atoms with van der Waals surface area (Å²) >= 11 is 0. The van der Waals surface area contributed by atoms with Gasteiger partial charge in [-0.1, -0.05) is 0 Å². The van der Waals surface area contributed by atoms with Gasteiger partial charge in [-0.3, -0.25) is 10.1 Å². The summed E-state index contributed by atoms with van der Waals surface area (Å²) in [6.07, 6.45) is 7.35. The molecule has 29 heavy (non-hydrogen) atoms. The Hall–Kier alpha value is -2.35. The maximum Gasteiger partial charge on any atom is 0.411 e. The van der Waals surface area contributed by atoms with Crippen LogP contribution in [0.15, 0.2) is 12.3 Å². The minimum Gasteiger partial charge on any atom is -0.453 e. The number of nitrogens with zero attached hydrogens (tertiary/aromatic N) is 3. The second-order valence-corrected chi connectivity index (χ2v) is 7.91. The van der Waals surface area contributed by atoms with Crippen molar-refractivity contribution in [1.82, 2.24) is 9.88 Å². The lowest BCUT2D eigenvalue weighted by Crippen LogP contribution is -2.41. The molecule has 0 aromatic carbocycles. The molecule has 8 heteroatoms. The molecule has 1 aromatic heterocycles. The Balaban J connectivity index is 1.56. The second kappa shape index (κ2) is 10.4. The zero-order valence-corrected chi connectivity index (χ0v) is 17.4. The molecule has 160 valence electrons. The molecule has 2 aliphatic rings. The Kier molecular flexibility index (Phi) is 7.69. The highest BCUT2D eigenvalue weighted by molar-refractivity contribution is 5.84. The van der Waals surface area contributed by atoms with E-state index in [4.69, 9.17) is 4.74 Å². The number of hydrogen-bond acceptors (Lipinski definition) is 6. The summed E-state index contributed by atoms with van der Waals surface area (Å²) in [7, 11) is 1.34. The first-order valence-electron chi connectivity index (χ1n) is 10.5. The number of hydrogen-bond donors (Lipinski definition) is 1. The third-order valence-electron chi connectivity index (χ3n) is 5.89. The van der Waals surface area contributed by atoms with Crippen LogP contribution in [0.3, 0.4) is 0 Å². The molecule has 3 rings (SSSR count). The van der Waals surface area contributed by atoms with Gasteiger partial charge in [0.15, 0.2) is 0 Å². The fraction of sp³-hybridized carbons (Fsp3) is 0.667. The van der Waals surface area contributed by atoms with E-state index in [1.165, 1.54) is 13.5 Å². The Morgan fingerprint density at radius 3 is 2.90 bits per heavy atom. The van der Waals surface area contributed by atoms with Gasteiger partial charge in [0.2, 0.25) is 6.41 Å². The Morgan fingerprint density at radius 1 is 1.41 bits per heavy atom. The molecule has 3 heterocycles. The molecule has 0 radical (unpaired) electrons. The average molecular weight is 405 g/mol. The molecule has 0 bridgehead atoms. The zero-order valence-electron chi connectivity index (χ0n) is 17.4. The summed E-state index contributed by atoms with van der Waals surface area (Å²) in [4.78, 5) is 31.8. The number of amides is 2. The predicted octanol–water partition coefficient (Wildman–Crippen LogP) is 2.81. The normalized spacial score (nSPS) is 20.2. The topological polar surface area (TPSA) is 84.0 Å². The first-order valence-corrected chi connectivity index (χ1v) is 10.5. The van der Waals surface area contributed by atoms with Gasteiger partial charge in [-0.2, -0.15) is 0 Å². The monoisotopic (exact) mass is 404 g/mol.